The highest BCUT2D eigenvalue weighted by Gasteiger charge is 2.13. The average molecular weight is 358 g/mol. The summed E-state index contributed by atoms with van der Waals surface area (Å²) in [6.45, 7) is 2.11. The van der Waals surface area contributed by atoms with Crippen molar-refractivity contribution in [2.75, 3.05) is 5.32 Å². The number of hydrogen-bond acceptors (Lipinski definition) is 4. The van der Waals surface area contributed by atoms with Crippen molar-refractivity contribution in [2.24, 2.45) is 0 Å². The molecule has 106 valence electrons. The Hall–Kier alpha value is -1.34. The van der Waals surface area contributed by atoms with E-state index in [1.165, 1.54) is 29.5 Å². The molecule has 4 nitrogen and oxygen atoms in total. The molecule has 1 amide bonds. The number of anilines is 1. The molecule has 2 aromatic rings. The highest BCUT2D eigenvalue weighted by Crippen LogP contribution is 2.21. The number of carbonyl (C=O) groups is 1. The summed E-state index contributed by atoms with van der Waals surface area (Å²) < 4.78 is 13.4. The van der Waals surface area contributed by atoms with Crippen molar-refractivity contribution in [1.29, 1.82) is 0 Å². The quantitative estimate of drug-likeness (QED) is 0.878. The first-order chi connectivity index (χ1) is 9.60. The van der Waals surface area contributed by atoms with E-state index in [1.54, 1.807) is 0 Å². The minimum Gasteiger partial charge on any atom is -0.296 e. The van der Waals surface area contributed by atoms with Gasteiger partial charge in [-0.3, -0.25) is 10.1 Å². The van der Waals surface area contributed by atoms with Crippen LogP contribution in [-0.4, -0.2) is 16.1 Å². The van der Waals surface area contributed by atoms with Gasteiger partial charge in [0.2, 0.25) is 5.13 Å². The van der Waals surface area contributed by atoms with Gasteiger partial charge in [0.15, 0.2) is 0 Å². The fourth-order valence-electron chi connectivity index (χ4n) is 1.57. The van der Waals surface area contributed by atoms with Crippen LogP contribution >= 0.6 is 27.3 Å². The van der Waals surface area contributed by atoms with Crippen LogP contribution in [0.5, 0.6) is 0 Å². The van der Waals surface area contributed by atoms with Crippen LogP contribution in [0.25, 0.3) is 0 Å². The van der Waals surface area contributed by atoms with Gasteiger partial charge in [0.1, 0.15) is 10.8 Å². The Balaban J connectivity index is 2.05. The van der Waals surface area contributed by atoms with E-state index in [-0.39, 0.29) is 5.91 Å². The zero-order chi connectivity index (χ0) is 14.5. The minimum atomic E-state index is -0.397. The molecule has 0 unspecified atom stereocenters. The van der Waals surface area contributed by atoms with Crippen molar-refractivity contribution in [3.05, 3.63) is 39.1 Å². The standard InChI is InChI=1S/C13H13BrFN3OS/c1-2-3-4-11-17-18-13(20-11)16-12(19)9-6-5-8(15)7-10(9)14/h5-7H,2-4H2,1H3,(H,16,18,19). The molecule has 1 aromatic carbocycles. The number of hydrogen-bond donors (Lipinski definition) is 1. The fraction of sp³-hybridized carbons (Fsp3) is 0.308. The second-order valence-corrected chi connectivity index (χ2v) is 6.10. The summed E-state index contributed by atoms with van der Waals surface area (Å²) >= 11 is 4.53. The molecule has 0 spiro atoms. The molecular weight excluding hydrogens is 345 g/mol. The summed E-state index contributed by atoms with van der Waals surface area (Å²) in [7, 11) is 0. The first-order valence-electron chi connectivity index (χ1n) is 6.19. The number of amides is 1. The van der Waals surface area contributed by atoms with Crippen LogP contribution < -0.4 is 5.32 Å². The molecule has 0 aliphatic carbocycles. The zero-order valence-corrected chi connectivity index (χ0v) is 13.2. The van der Waals surface area contributed by atoms with Gasteiger partial charge in [0.25, 0.3) is 5.91 Å². The Morgan fingerprint density at radius 3 is 2.95 bits per heavy atom. The van der Waals surface area contributed by atoms with Gasteiger partial charge < -0.3 is 0 Å². The van der Waals surface area contributed by atoms with Crippen LogP contribution in [0.2, 0.25) is 0 Å². The molecule has 2 rings (SSSR count). The number of unbranched alkanes of at least 4 members (excludes halogenated alkanes) is 1. The Kier molecular flexibility index (Phi) is 5.19. The zero-order valence-electron chi connectivity index (χ0n) is 10.8. The lowest BCUT2D eigenvalue weighted by atomic mass is 10.2. The maximum atomic E-state index is 13.0. The van der Waals surface area contributed by atoms with Crippen molar-refractivity contribution in [3.63, 3.8) is 0 Å². The summed E-state index contributed by atoms with van der Waals surface area (Å²) in [5, 5.41) is 12.0. The number of benzene rings is 1. The number of nitrogens with zero attached hydrogens (tertiary/aromatic N) is 2. The summed E-state index contributed by atoms with van der Waals surface area (Å²) in [5.74, 6) is -0.735. The van der Waals surface area contributed by atoms with E-state index in [1.807, 2.05) is 0 Å². The topological polar surface area (TPSA) is 54.9 Å². The van der Waals surface area contributed by atoms with E-state index in [2.05, 4.69) is 38.4 Å². The normalized spacial score (nSPS) is 10.6. The van der Waals surface area contributed by atoms with Gasteiger partial charge in [-0.2, -0.15) is 0 Å². The molecule has 0 saturated heterocycles. The van der Waals surface area contributed by atoms with Crippen LogP contribution in [0.3, 0.4) is 0 Å². The Morgan fingerprint density at radius 2 is 2.25 bits per heavy atom. The minimum absolute atomic E-state index is 0.338. The Bertz CT molecular complexity index is 617. The first kappa shape index (κ1) is 15.1. The average Bonchev–Trinajstić information content (AvgIpc) is 2.83. The molecule has 0 radical (unpaired) electrons. The highest BCUT2D eigenvalue weighted by atomic mass is 79.9. The molecular formula is C13H13BrFN3OS. The maximum Gasteiger partial charge on any atom is 0.258 e. The summed E-state index contributed by atoms with van der Waals surface area (Å²) in [5.41, 5.74) is 0.358. The van der Waals surface area contributed by atoms with E-state index in [0.29, 0.717) is 15.2 Å². The van der Waals surface area contributed by atoms with Crippen LogP contribution in [-0.2, 0) is 6.42 Å². The third-order valence-corrected chi connectivity index (χ3v) is 4.16. The lowest BCUT2D eigenvalue weighted by Crippen LogP contribution is -2.12. The van der Waals surface area contributed by atoms with E-state index in [9.17, 15) is 9.18 Å². The van der Waals surface area contributed by atoms with Crippen molar-refractivity contribution in [2.45, 2.75) is 26.2 Å². The lowest BCUT2D eigenvalue weighted by Gasteiger charge is -2.03. The van der Waals surface area contributed by atoms with Crippen LogP contribution in [0.1, 0.15) is 35.1 Å². The summed E-state index contributed by atoms with van der Waals surface area (Å²) in [6.07, 6.45) is 3.00. The van der Waals surface area contributed by atoms with E-state index >= 15 is 0 Å². The molecule has 0 aliphatic rings. The highest BCUT2D eigenvalue weighted by molar-refractivity contribution is 9.10. The third kappa shape index (κ3) is 3.83. The molecule has 0 bridgehead atoms. The first-order valence-corrected chi connectivity index (χ1v) is 7.80. The van der Waals surface area contributed by atoms with E-state index in [4.69, 9.17) is 0 Å². The van der Waals surface area contributed by atoms with Gasteiger partial charge in [-0.05, 0) is 40.5 Å². The molecule has 0 aliphatic heterocycles. The van der Waals surface area contributed by atoms with Crippen molar-refractivity contribution >= 4 is 38.3 Å². The van der Waals surface area contributed by atoms with Crippen molar-refractivity contribution in [3.8, 4) is 0 Å². The Morgan fingerprint density at radius 1 is 1.45 bits per heavy atom. The molecule has 7 heteroatoms. The number of rotatable bonds is 5. The Labute approximate surface area is 128 Å². The predicted molar refractivity (Wildman–Crippen MR) is 80.6 cm³/mol. The number of halogens is 2. The predicted octanol–water partition coefficient (Wildman–Crippen LogP) is 4.03. The van der Waals surface area contributed by atoms with Crippen LogP contribution in [0.4, 0.5) is 9.52 Å². The van der Waals surface area contributed by atoms with Gasteiger partial charge in [-0.25, -0.2) is 4.39 Å². The summed E-state index contributed by atoms with van der Waals surface area (Å²) in [6, 6.07) is 3.92. The van der Waals surface area contributed by atoms with Gasteiger partial charge >= 0.3 is 0 Å². The molecule has 1 heterocycles. The number of nitrogens with one attached hydrogen (secondary N) is 1. The number of carbonyl (C=O) groups excluding carboxylic acids is 1. The number of aryl methyl sites for hydroxylation is 1. The van der Waals surface area contributed by atoms with Crippen LogP contribution in [0, 0.1) is 5.82 Å². The van der Waals surface area contributed by atoms with E-state index < -0.39 is 5.82 Å². The molecule has 0 saturated carbocycles. The lowest BCUT2D eigenvalue weighted by molar-refractivity contribution is 0.102. The summed E-state index contributed by atoms with van der Waals surface area (Å²) in [4.78, 5) is 12.0. The second-order valence-electron chi connectivity index (χ2n) is 4.18. The molecule has 20 heavy (non-hydrogen) atoms. The largest absolute Gasteiger partial charge is 0.296 e. The fourth-order valence-corrected chi connectivity index (χ4v) is 2.88. The van der Waals surface area contributed by atoms with Crippen molar-refractivity contribution < 1.29 is 9.18 Å². The molecule has 1 N–H and O–H groups in total. The van der Waals surface area contributed by atoms with Gasteiger partial charge in [0, 0.05) is 10.9 Å². The SMILES string of the molecule is CCCCc1nnc(NC(=O)c2ccc(F)cc2Br)s1. The second kappa shape index (κ2) is 6.90. The smallest absolute Gasteiger partial charge is 0.258 e. The van der Waals surface area contributed by atoms with Gasteiger partial charge in [0.05, 0.1) is 5.56 Å². The maximum absolute atomic E-state index is 13.0. The van der Waals surface area contributed by atoms with Crippen molar-refractivity contribution in [1.82, 2.24) is 10.2 Å². The van der Waals surface area contributed by atoms with Gasteiger partial charge in [-0.1, -0.05) is 24.7 Å². The molecule has 0 atom stereocenters. The van der Waals surface area contributed by atoms with Gasteiger partial charge in [-0.15, -0.1) is 10.2 Å². The monoisotopic (exact) mass is 357 g/mol. The number of aromatic nitrogens is 2. The third-order valence-electron chi connectivity index (χ3n) is 2.61. The van der Waals surface area contributed by atoms with E-state index in [0.717, 1.165) is 24.3 Å². The molecule has 1 aromatic heterocycles. The van der Waals surface area contributed by atoms with Crippen LogP contribution in [0.15, 0.2) is 22.7 Å². The molecule has 0 fully saturated rings.